The van der Waals surface area contributed by atoms with E-state index in [2.05, 4.69) is 45.0 Å². The summed E-state index contributed by atoms with van der Waals surface area (Å²) in [5, 5.41) is 9.88. The van der Waals surface area contributed by atoms with Crippen molar-refractivity contribution < 1.29 is 9.90 Å². The van der Waals surface area contributed by atoms with Crippen LogP contribution in [0.15, 0.2) is 24.3 Å². The molecule has 3 heteroatoms. The van der Waals surface area contributed by atoms with Gasteiger partial charge in [0.1, 0.15) is 0 Å². The van der Waals surface area contributed by atoms with E-state index in [1.54, 1.807) is 0 Å². The van der Waals surface area contributed by atoms with Crippen LogP contribution in [-0.2, 0) is 10.2 Å². The van der Waals surface area contributed by atoms with Gasteiger partial charge in [-0.05, 0) is 61.5 Å². The standard InChI is InChI=1S/C23H33NO2/c1-21(2,3)19-7-5-6-16(10-19)17-8-9-23(13-17)14-24(15-23)20(25)18-11-22(4,26)12-18/h5-7,10,17-18,26H,8-9,11-15H2,1-4H3/t17-,18?,22?/m1/s1. The molecule has 3 aliphatic rings. The normalized spacial score (nSPS) is 33.0. The van der Waals surface area contributed by atoms with Gasteiger partial charge in [0.15, 0.2) is 0 Å². The van der Waals surface area contributed by atoms with Gasteiger partial charge in [-0.15, -0.1) is 0 Å². The molecule has 2 saturated carbocycles. The van der Waals surface area contributed by atoms with Crippen molar-refractivity contribution in [1.82, 2.24) is 4.90 Å². The van der Waals surface area contributed by atoms with Crippen LogP contribution in [0.25, 0.3) is 0 Å². The van der Waals surface area contributed by atoms with E-state index in [4.69, 9.17) is 0 Å². The van der Waals surface area contributed by atoms with E-state index < -0.39 is 5.60 Å². The van der Waals surface area contributed by atoms with E-state index in [9.17, 15) is 9.90 Å². The number of rotatable bonds is 2. The van der Waals surface area contributed by atoms with Gasteiger partial charge in [0.05, 0.1) is 5.60 Å². The lowest BCUT2D eigenvalue weighted by molar-refractivity contribution is -0.161. The second kappa shape index (κ2) is 5.82. The maximum absolute atomic E-state index is 12.6. The van der Waals surface area contributed by atoms with Gasteiger partial charge in [-0.3, -0.25) is 4.79 Å². The van der Waals surface area contributed by atoms with Gasteiger partial charge in [-0.1, -0.05) is 45.0 Å². The van der Waals surface area contributed by atoms with Crippen molar-refractivity contribution in [3.05, 3.63) is 35.4 Å². The number of carbonyl (C=O) groups excluding carboxylic acids is 1. The summed E-state index contributed by atoms with van der Waals surface area (Å²) in [4.78, 5) is 14.6. The average Bonchev–Trinajstić information content (AvgIpc) is 2.95. The van der Waals surface area contributed by atoms with Crippen molar-refractivity contribution in [1.29, 1.82) is 0 Å². The minimum Gasteiger partial charge on any atom is -0.390 e. The fourth-order valence-electron chi connectivity index (χ4n) is 5.39. The fourth-order valence-corrected chi connectivity index (χ4v) is 5.39. The summed E-state index contributed by atoms with van der Waals surface area (Å²) in [6, 6.07) is 9.14. The topological polar surface area (TPSA) is 40.5 Å². The number of amides is 1. The van der Waals surface area contributed by atoms with Gasteiger partial charge in [0.2, 0.25) is 5.91 Å². The van der Waals surface area contributed by atoms with Crippen molar-refractivity contribution in [2.45, 2.75) is 76.7 Å². The largest absolute Gasteiger partial charge is 0.390 e. The number of hydrogen-bond donors (Lipinski definition) is 1. The summed E-state index contributed by atoms with van der Waals surface area (Å²) in [6.45, 7) is 10.5. The quantitative estimate of drug-likeness (QED) is 0.862. The SMILES string of the molecule is CC1(O)CC(C(=O)N2CC3(CC[C@@H](c4cccc(C(C)(C)C)c4)C3)C2)C1. The molecule has 142 valence electrons. The maximum atomic E-state index is 12.6. The highest BCUT2D eigenvalue weighted by atomic mass is 16.3. The predicted molar refractivity (Wildman–Crippen MR) is 104 cm³/mol. The summed E-state index contributed by atoms with van der Waals surface area (Å²) in [5.74, 6) is 0.974. The van der Waals surface area contributed by atoms with Gasteiger partial charge in [0.25, 0.3) is 0 Å². The zero-order valence-corrected chi connectivity index (χ0v) is 16.7. The molecule has 1 aromatic carbocycles. The molecule has 1 aromatic rings. The number of hydrogen-bond acceptors (Lipinski definition) is 2. The van der Waals surface area contributed by atoms with E-state index in [0.717, 1.165) is 13.1 Å². The summed E-state index contributed by atoms with van der Waals surface area (Å²) in [7, 11) is 0. The molecule has 26 heavy (non-hydrogen) atoms. The molecular formula is C23H33NO2. The van der Waals surface area contributed by atoms with Crippen LogP contribution in [0.4, 0.5) is 0 Å². The number of likely N-dealkylation sites (tertiary alicyclic amines) is 1. The molecule has 1 spiro atoms. The number of benzene rings is 1. The summed E-state index contributed by atoms with van der Waals surface area (Å²) in [6.07, 6.45) is 4.97. The Balaban J connectivity index is 1.36. The molecule has 0 aromatic heterocycles. The first-order valence-electron chi connectivity index (χ1n) is 10.2. The minimum absolute atomic E-state index is 0.0583. The highest BCUT2D eigenvalue weighted by molar-refractivity contribution is 5.81. The molecule has 1 heterocycles. The first-order valence-corrected chi connectivity index (χ1v) is 10.2. The first kappa shape index (κ1) is 18.0. The van der Waals surface area contributed by atoms with Gasteiger partial charge in [0, 0.05) is 24.4 Å². The Kier molecular flexibility index (Phi) is 4.04. The zero-order valence-electron chi connectivity index (χ0n) is 16.7. The lowest BCUT2D eigenvalue weighted by Crippen LogP contribution is -2.61. The molecule has 1 atom stereocenters. The minimum atomic E-state index is -0.612. The first-order chi connectivity index (χ1) is 12.1. The van der Waals surface area contributed by atoms with Crippen LogP contribution < -0.4 is 0 Å². The van der Waals surface area contributed by atoms with Gasteiger partial charge in [-0.25, -0.2) is 0 Å². The van der Waals surface area contributed by atoms with Crippen molar-refractivity contribution in [3.63, 3.8) is 0 Å². The molecule has 1 amide bonds. The third-order valence-electron chi connectivity index (χ3n) is 7.01. The Bertz CT molecular complexity index is 701. The highest BCUT2D eigenvalue weighted by Crippen LogP contribution is 2.53. The lowest BCUT2D eigenvalue weighted by atomic mass is 9.69. The molecule has 0 bridgehead atoms. The average molecular weight is 356 g/mol. The molecule has 2 aliphatic carbocycles. The molecule has 3 fully saturated rings. The van der Waals surface area contributed by atoms with Gasteiger partial charge < -0.3 is 10.0 Å². The third-order valence-corrected chi connectivity index (χ3v) is 7.01. The lowest BCUT2D eigenvalue weighted by Gasteiger charge is -2.52. The van der Waals surface area contributed by atoms with E-state index in [1.807, 2.05) is 11.8 Å². The van der Waals surface area contributed by atoms with Crippen LogP contribution in [0.1, 0.15) is 76.8 Å². The Morgan fingerprint density at radius 3 is 2.50 bits per heavy atom. The van der Waals surface area contributed by atoms with E-state index in [0.29, 0.717) is 24.2 Å². The van der Waals surface area contributed by atoms with E-state index in [1.165, 1.54) is 30.4 Å². The third kappa shape index (κ3) is 3.19. The summed E-state index contributed by atoms with van der Waals surface area (Å²) < 4.78 is 0. The van der Waals surface area contributed by atoms with Crippen LogP contribution in [0.5, 0.6) is 0 Å². The Hall–Kier alpha value is -1.35. The van der Waals surface area contributed by atoms with Crippen LogP contribution in [-0.4, -0.2) is 34.6 Å². The fraction of sp³-hybridized carbons (Fsp3) is 0.696. The molecular weight excluding hydrogens is 322 g/mol. The summed E-state index contributed by atoms with van der Waals surface area (Å²) >= 11 is 0. The second-order valence-corrected chi connectivity index (χ2v) is 10.6. The molecule has 1 N–H and O–H groups in total. The van der Waals surface area contributed by atoms with Crippen molar-refractivity contribution in [3.8, 4) is 0 Å². The Labute approximate surface area is 157 Å². The van der Waals surface area contributed by atoms with Gasteiger partial charge >= 0.3 is 0 Å². The molecule has 4 rings (SSSR count). The van der Waals surface area contributed by atoms with Crippen LogP contribution in [0.2, 0.25) is 0 Å². The van der Waals surface area contributed by atoms with E-state index in [-0.39, 0.29) is 17.2 Å². The number of aliphatic hydroxyl groups is 1. The Morgan fingerprint density at radius 1 is 1.19 bits per heavy atom. The predicted octanol–water partition coefficient (Wildman–Crippen LogP) is 4.24. The monoisotopic (exact) mass is 355 g/mol. The molecule has 0 unspecified atom stereocenters. The van der Waals surface area contributed by atoms with Crippen molar-refractivity contribution >= 4 is 5.91 Å². The molecule has 0 radical (unpaired) electrons. The zero-order chi connectivity index (χ0) is 18.7. The van der Waals surface area contributed by atoms with E-state index >= 15 is 0 Å². The Morgan fingerprint density at radius 2 is 1.88 bits per heavy atom. The van der Waals surface area contributed by atoms with Gasteiger partial charge in [-0.2, -0.15) is 0 Å². The highest BCUT2D eigenvalue weighted by Gasteiger charge is 2.53. The maximum Gasteiger partial charge on any atom is 0.225 e. The summed E-state index contributed by atoms with van der Waals surface area (Å²) in [5.41, 5.74) is 2.83. The van der Waals surface area contributed by atoms with Crippen molar-refractivity contribution in [2.75, 3.05) is 13.1 Å². The van der Waals surface area contributed by atoms with Crippen LogP contribution in [0.3, 0.4) is 0 Å². The second-order valence-electron chi connectivity index (χ2n) is 10.6. The van der Waals surface area contributed by atoms with Crippen molar-refractivity contribution in [2.24, 2.45) is 11.3 Å². The molecule has 1 aliphatic heterocycles. The van der Waals surface area contributed by atoms with Crippen LogP contribution in [0, 0.1) is 11.3 Å². The number of nitrogens with zero attached hydrogens (tertiary/aromatic N) is 1. The molecule has 3 nitrogen and oxygen atoms in total. The molecule has 1 saturated heterocycles. The number of carbonyl (C=O) groups is 1. The van der Waals surface area contributed by atoms with Crippen LogP contribution >= 0.6 is 0 Å². The smallest absolute Gasteiger partial charge is 0.225 e.